The van der Waals surface area contributed by atoms with Gasteiger partial charge in [0.2, 0.25) is 0 Å². The van der Waals surface area contributed by atoms with Crippen LogP contribution in [0.4, 0.5) is 4.79 Å². The molecule has 1 atom stereocenters. The van der Waals surface area contributed by atoms with Gasteiger partial charge in [-0.1, -0.05) is 13.8 Å². The van der Waals surface area contributed by atoms with E-state index in [1.165, 1.54) is 0 Å². The Kier molecular flexibility index (Phi) is 2.68. The molecule has 1 heterocycles. The van der Waals surface area contributed by atoms with Gasteiger partial charge in [-0.05, 0) is 38.5 Å². The van der Waals surface area contributed by atoms with Crippen molar-refractivity contribution in [1.29, 1.82) is 5.41 Å². The molecule has 16 heavy (non-hydrogen) atoms. The molecule has 4 heteroatoms. The molecule has 2 rings (SSSR count). The highest BCUT2D eigenvalue weighted by molar-refractivity contribution is 6.08. The van der Waals surface area contributed by atoms with Crippen LogP contribution in [0.2, 0.25) is 0 Å². The molecule has 1 aliphatic carbocycles. The third-order valence-electron chi connectivity index (χ3n) is 3.64. The topological polar surface area (TPSA) is 56.2 Å². The highest BCUT2D eigenvalue weighted by Crippen LogP contribution is 2.38. The number of hydrogen-bond acceptors (Lipinski definition) is 2. The number of amides is 2. The highest BCUT2D eigenvalue weighted by atomic mass is 16.2. The fourth-order valence-electron chi connectivity index (χ4n) is 2.36. The normalized spacial score (nSPS) is 30.1. The van der Waals surface area contributed by atoms with Crippen molar-refractivity contribution in [2.24, 2.45) is 5.92 Å². The van der Waals surface area contributed by atoms with Crippen LogP contribution in [0, 0.1) is 11.3 Å². The van der Waals surface area contributed by atoms with Crippen LogP contribution in [-0.2, 0) is 0 Å². The predicted molar refractivity (Wildman–Crippen MR) is 63.6 cm³/mol. The van der Waals surface area contributed by atoms with Crippen molar-refractivity contribution in [2.75, 3.05) is 0 Å². The zero-order chi connectivity index (χ0) is 11.9. The molecule has 1 aliphatic heterocycles. The van der Waals surface area contributed by atoms with Crippen LogP contribution in [0.15, 0.2) is 0 Å². The minimum atomic E-state index is -0.386. The van der Waals surface area contributed by atoms with Crippen molar-refractivity contribution < 1.29 is 4.79 Å². The minimum absolute atomic E-state index is 0.0706. The van der Waals surface area contributed by atoms with Gasteiger partial charge in [-0.2, -0.15) is 0 Å². The van der Waals surface area contributed by atoms with Gasteiger partial charge < -0.3 is 4.90 Å². The summed E-state index contributed by atoms with van der Waals surface area (Å²) in [6.07, 6.45) is 4.13. The first kappa shape index (κ1) is 11.4. The van der Waals surface area contributed by atoms with E-state index in [0.29, 0.717) is 17.8 Å². The van der Waals surface area contributed by atoms with Crippen LogP contribution in [0.5, 0.6) is 0 Å². The number of amidine groups is 1. The molecular formula is C12H21N3O. The molecular weight excluding hydrogens is 202 g/mol. The van der Waals surface area contributed by atoms with Crippen molar-refractivity contribution in [2.45, 2.75) is 58.0 Å². The molecule has 0 radical (unpaired) electrons. The lowest BCUT2D eigenvalue weighted by Crippen LogP contribution is -2.48. The monoisotopic (exact) mass is 223 g/mol. The van der Waals surface area contributed by atoms with Crippen molar-refractivity contribution in [3.63, 3.8) is 0 Å². The Morgan fingerprint density at radius 2 is 2.19 bits per heavy atom. The summed E-state index contributed by atoms with van der Waals surface area (Å²) in [5.41, 5.74) is -0.386. The molecule has 90 valence electrons. The summed E-state index contributed by atoms with van der Waals surface area (Å²) in [6.45, 7) is 6.38. The highest BCUT2D eigenvalue weighted by Gasteiger charge is 2.51. The lowest BCUT2D eigenvalue weighted by atomic mass is 9.90. The first-order valence-corrected chi connectivity index (χ1v) is 6.14. The number of carbonyl (C=O) groups is 1. The summed E-state index contributed by atoms with van der Waals surface area (Å²) in [5.74, 6) is 0.992. The molecule has 4 nitrogen and oxygen atoms in total. The van der Waals surface area contributed by atoms with Crippen molar-refractivity contribution in [1.82, 2.24) is 10.2 Å². The van der Waals surface area contributed by atoms with E-state index >= 15 is 0 Å². The summed E-state index contributed by atoms with van der Waals surface area (Å²) in [5, 5.41) is 10.6. The van der Waals surface area contributed by atoms with Gasteiger partial charge in [-0.15, -0.1) is 0 Å². The molecule has 0 spiro atoms. The number of nitrogens with one attached hydrogen (secondary N) is 2. The van der Waals surface area contributed by atoms with Gasteiger partial charge in [0.15, 0.2) is 0 Å². The first-order chi connectivity index (χ1) is 7.45. The molecule has 2 N–H and O–H groups in total. The lowest BCUT2D eigenvalue weighted by molar-refractivity contribution is 0.166. The van der Waals surface area contributed by atoms with Gasteiger partial charge in [0.25, 0.3) is 0 Å². The second kappa shape index (κ2) is 3.75. The fourth-order valence-corrected chi connectivity index (χ4v) is 2.36. The van der Waals surface area contributed by atoms with Crippen LogP contribution < -0.4 is 5.32 Å². The molecule has 1 saturated carbocycles. The Morgan fingerprint density at radius 3 is 2.69 bits per heavy atom. The molecule has 1 saturated heterocycles. The van der Waals surface area contributed by atoms with Crippen LogP contribution in [0.3, 0.4) is 0 Å². The average molecular weight is 223 g/mol. The second-order valence-electron chi connectivity index (χ2n) is 5.61. The molecule has 0 aromatic rings. The molecule has 2 amide bonds. The zero-order valence-electron chi connectivity index (χ0n) is 10.3. The molecule has 0 bridgehead atoms. The van der Waals surface area contributed by atoms with Crippen molar-refractivity contribution in [3.05, 3.63) is 0 Å². The Bertz CT molecular complexity index is 322. The summed E-state index contributed by atoms with van der Waals surface area (Å²) in [7, 11) is 0. The largest absolute Gasteiger partial charge is 0.323 e. The van der Waals surface area contributed by atoms with E-state index in [1.54, 1.807) is 0 Å². The zero-order valence-corrected chi connectivity index (χ0v) is 10.3. The maximum Gasteiger partial charge on any atom is 0.323 e. The Balaban J connectivity index is 2.14. The van der Waals surface area contributed by atoms with Crippen molar-refractivity contribution >= 4 is 11.9 Å². The Hall–Kier alpha value is -1.06. The fraction of sp³-hybridized carbons (Fsp3) is 0.833. The minimum Gasteiger partial charge on any atom is -0.309 e. The van der Waals surface area contributed by atoms with Gasteiger partial charge in [-0.3, -0.25) is 10.7 Å². The van der Waals surface area contributed by atoms with Crippen LogP contribution >= 0.6 is 0 Å². The predicted octanol–water partition coefficient (Wildman–Crippen LogP) is 2.35. The molecule has 2 fully saturated rings. The van der Waals surface area contributed by atoms with E-state index in [0.717, 1.165) is 25.7 Å². The van der Waals surface area contributed by atoms with Gasteiger partial charge >= 0.3 is 6.03 Å². The molecule has 2 aliphatic rings. The van der Waals surface area contributed by atoms with Gasteiger partial charge in [0.1, 0.15) is 5.84 Å². The molecule has 0 aromatic heterocycles. The number of rotatable bonds is 4. The number of nitrogens with zero attached hydrogens (tertiary/aromatic N) is 1. The van der Waals surface area contributed by atoms with Crippen molar-refractivity contribution in [3.8, 4) is 0 Å². The Labute approximate surface area is 96.9 Å². The van der Waals surface area contributed by atoms with E-state index in [1.807, 2.05) is 11.8 Å². The lowest BCUT2D eigenvalue weighted by Gasteiger charge is -2.34. The number of urea groups is 1. The smallest absolute Gasteiger partial charge is 0.309 e. The van der Waals surface area contributed by atoms with E-state index in [4.69, 9.17) is 5.41 Å². The molecule has 1 unspecified atom stereocenters. The van der Waals surface area contributed by atoms with Crippen LogP contribution in [0.25, 0.3) is 0 Å². The maximum atomic E-state index is 11.8. The first-order valence-electron chi connectivity index (χ1n) is 6.14. The second-order valence-corrected chi connectivity index (χ2v) is 5.61. The van der Waals surface area contributed by atoms with Gasteiger partial charge in [-0.25, -0.2) is 4.79 Å². The third-order valence-corrected chi connectivity index (χ3v) is 3.64. The third kappa shape index (κ3) is 1.81. The van der Waals surface area contributed by atoms with Gasteiger partial charge in [0.05, 0.1) is 5.54 Å². The van der Waals surface area contributed by atoms with E-state index in [-0.39, 0.29) is 11.6 Å². The summed E-state index contributed by atoms with van der Waals surface area (Å²) in [4.78, 5) is 13.7. The number of carbonyl (C=O) groups excluding carboxylic acids is 1. The van der Waals surface area contributed by atoms with E-state index in [2.05, 4.69) is 19.2 Å². The van der Waals surface area contributed by atoms with Crippen LogP contribution in [-0.4, -0.2) is 28.3 Å². The number of hydrogen-bond donors (Lipinski definition) is 2. The standard InChI is InChI=1S/C12H21N3O/c1-8(2)6-7-12(3)10(13)14-11(16)15(12)9-4-5-9/h8-9H,4-7H2,1-3H3,(H2,13,14,16). The SMILES string of the molecule is CC(C)CCC1(C)C(=N)NC(=O)N1C1CC1. The summed E-state index contributed by atoms with van der Waals surface area (Å²) in [6, 6.07) is 0.304. The van der Waals surface area contributed by atoms with Crippen LogP contribution in [0.1, 0.15) is 46.5 Å². The summed E-state index contributed by atoms with van der Waals surface area (Å²) < 4.78 is 0. The Morgan fingerprint density at radius 1 is 1.56 bits per heavy atom. The quantitative estimate of drug-likeness (QED) is 0.755. The molecule has 0 aromatic carbocycles. The van der Waals surface area contributed by atoms with E-state index in [9.17, 15) is 4.79 Å². The summed E-state index contributed by atoms with van der Waals surface area (Å²) >= 11 is 0. The van der Waals surface area contributed by atoms with E-state index < -0.39 is 0 Å². The van der Waals surface area contributed by atoms with Gasteiger partial charge in [0, 0.05) is 6.04 Å². The maximum absolute atomic E-state index is 11.8. The average Bonchev–Trinajstić information content (AvgIpc) is 2.95.